The topological polar surface area (TPSA) is 86.7 Å². The van der Waals surface area contributed by atoms with Gasteiger partial charge in [0.2, 0.25) is 11.7 Å². The molecule has 8 heteroatoms. The maximum absolute atomic E-state index is 12.8. The Bertz CT molecular complexity index is 1190. The highest BCUT2D eigenvalue weighted by atomic mass is 32.2. The average molecular weight is 405 g/mol. The lowest BCUT2D eigenvalue weighted by Crippen LogP contribution is -2.22. The summed E-state index contributed by atoms with van der Waals surface area (Å²) in [6, 6.07) is 11.1. The number of aromatic nitrogens is 5. The summed E-state index contributed by atoms with van der Waals surface area (Å²) in [5.74, 6) is 1.89. The molecule has 4 rings (SSSR count). The van der Waals surface area contributed by atoms with Crippen LogP contribution in [0.5, 0.6) is 0 Å². The van der Waals surface area contributed by atoms with Crippen LogP contribution < -0.4 is 5.56 Å². The lowest BCUT2D eigenvalue weighted by atomic mass is 10.2. The molecule has 0 saturated heterocycles. The van der Waals surface area contributed by atoms with Crippen molar-refractivity contribution in [3.05, 3.63) is 77.7 Å². The van der Waals surface area contributed by atoms with Crippen LogP contribution in [0.25, 0.3) is 22.3 Å². The number of hydrogen-bond acceptors (Lipinski definition) is 7. The highest BCUT2D eigenvalue weighted by molar-refractivity contribution is 7.99. The van der Waals surface area contributed by atoms with Crippen molar-refractivity contribution >= 4 is 22.7 Å². The van der Waals surface area contributed by atoms with Gasteiger partial charge in [0.15, 0.2) is 5.16 Å². The minimum atomic E-state index is -0.0454. The molecule has 3 heterocycles. The van der Waals surface area contributed by atoms with E-state index in [1.54, 1.807) is 40.9 Å². The first kappa shape index (κ1) is 19.1. The highest BCUT2D eigenvalue weighted by Crippen LogP contribution is 2.20. The number of rotatable bonds is 8. The molecule has 0 atom stereocenters. The minimum absolute atomic E-state index is 0.0454. The second-order valence-corrected chi connectivity index (χ2v) is 7.38. The Morgan fingerprint density at radius 1 is 1.17 bits per heavy atom. The molecule has 146 valence electrons. The summed E-state index contributed by atoms with van der Waals surface area (Å²) >= 11 is 1.54. The third-order valence-electron chi connectivity index (χ3n) is 4.29. The van der Waals surface area contributed by atoms with Gasteiger partial charge < -0.3 is 4.52 Å². The molecular weight excluding hydrogens is 386 g/mol. The fourth-order valence-electron chi connectivity index (χ4n) is 2.90. The van der Waals surface area contributed by atoms with E-state index < -0.39 is 0 Å². The SMILES string of the molecule is C=CCn1c(SCCCc2nc(-c3cccnc3)no2)nc2ccccc2c1=O. The summed E-state index contributed by atoms with van der Waals surface area (Å²) in [5, 5.41) is 5.31. The summed E-state index contributed by atoms with van der Waals surface area (Å²) in [7, 11) is 0. The molecule has 0 unspecified atom stereocenters. The first-order chi connectivity index (χ1) is 14.3. The van der Waals surface area contributed by atoms with Crippen molar-refractivity contribution in [2.24, 2.45) is 0 Å². The molecule has 0 radical (unpaired) electrons. The van der Waals surface area contributed by atoms with Gasteiger partial charge in [0.25, 0.3) is 5.56 Å². The van der Waals surface area contributed by atoms with Crippen molar-refractivity contribution in [1.82, 2.24) is 24.7 Å². The fourth-order valence-corrected chi connectivity index (χ4v) is 3.85. The van der Waals surface area contributed by atoms with Gasteiger partial charge in [-0.25, -0.2) is 4.98 Å². The quantitative estimate of drug-likeness (QED) is 0.191. The van der Waals surface area contributed by atoms with Gasteiger partial charge in [-0.05, 0) is 30.7 Å². The Morgan fingerprint density at radius 2 is 2.07 bits per heavy atom. The molecule has 0 aliphatic rings. The largest absolute Gasteiger partial charge is 0.339 e. The van der Waals surface area contributed by atoms with Crippen molar-refractivity contribution < 1.29 is 4.52 Å². The zero-order valence-corrected chi connectivity index (χ0v) is 16.5. The zero-order valence-electron chi connectivity index (χ0n) is 15.7. The number of hydrogen-bond donors (Lipinski definition) is 0. The Hall–Kier alpha value is -3.26. The molecule has 3 aromatic heterocycles. The number of fused-ring (bicyclic) bond motifs is 1. The Balaban J connectivity index is 1.43. The normalized spacial score (nSPS) is 11.0. The van der Waals surface area contributed by atoms with E-state index in [0.29, 0.717) is 40.7 Å². The van der Waals surface area contributed by atoms with Gasteiger partial charge in [-0.15, -0.1) is 6.58 Å². The standard InChI is InChI=1S/C21H19N5O2S/c1-2-12-26-20(27)16-8-3-4-9-17(16)23-21(26)29-13-6-10-18-24-19(25-28-18)15-7-5-11-22-14-15/h2-5,7-9,11,14H,1,6,10,12-13H2. The second-order valence-electron chi connectivity index (χ2n) is 6.32. The first-order valence-electron chi connectivity index (χ1n) is 9.22. The van der Waals surface area contributed by atoms with Crippen LogP contribution in [0.15, 0.2) is 75.9 Å². The maximum atomic E-state index is 12.8. The molecule has 0 N–H and O–H groups in total. The van der Waals surface area contributed by atoms with E-state index in [9.17, 15) is 4.79 Å². The predicted molar refractivity (Wildman–Crippen MR) is 113 cm³/mol. The monoisotopic (exact) mass is 405 g/mol. The summed E-state index contributed by atoms with van der Waals surface area (Å²) in [6.07, 6.45) is 6.58. The summed E-state index contributed by atoms with van der Waals surface area (Å²) < 4.78 is 6.99. The predicted octanol–water partition coefficient (Wildman–Crippen LogP) is 3.75. The molecule has 0 aliphatic heterocycles. The van der Waals surface area contributed by atoms with E-state index in [2.05, 4.69) is 26.7 Å². The zero-order chi connectivity index (χ0) is 20.1. The number of nitrogens with zero attached hydrogens (tertiary/aromatic N) is 5. The lowest BCUT2D eigenvalue weighted by Gasteiger charge is -2.11. The van der Waals surface area contributed by atoms with E-state index in [4.69, 9.17) is 4.52 Å². The molecule has 0 fully saturated rings. The fraction of sp³-hybridized carbons (Fsp3) is 0.190. The van der Waals surface area contributed by atoms with Crippen molar-refractivity contribution in [3.63, 3.8) is 0 Å². The maximum Gasteiger partial charge on any atom is 0.262 e. The van der Waals surface area contributed by atoms with Gasteiger partial charge in [-0.3, -0.25) is 14.3 Å². The van der Waals surface area contributed by atoms with Crippen LogP contribution in [0.4, 0.5) is 0 Å². The Labute approximate surface area is 171 Å². The number of pyridine rings is 1. The smallest absolute Gasteiger partial charge is 0.262 e. The molecule has 0 amide bonds. The van der Waals surface area contributed by atoms with E-state index in [0.717, 1.165) is 17.7 Å². The van der Waals surface area contributed by atoms with E-state index in [1.807, 2.05) is 30.3 Å². The summed E-state index contributed by atoms with van der Waals surface area (Å²) in [6.45, 7) is 4.18. The van der Waals surface area contributed by atoms with Crippen molar-refractivity contribution in [3.8, 4) is 11.4 Å². The van der Waals surface area contributed by atoms with Crippen molar-refractivity contribution in [2.45, 2.75) is 24.5 Å². The number of para-hydroxylation sites is 1. The Morgan fingerprint density at radius 3 is 2.90 bits per heavy atom. The molecule has 29 heavy (non-hydrogen) atoms. The van der Waals surface area contributed by atoms with E-state index >= 15 is 0 Å². The van der Waals surface area contributed by atoms with E-state index in [1.165, 1.54) is 0 Å². The average Bonchev–Trinajstić information content (AvgIpc) is 3.23. The van der Waals surface area contributed by atoms with Crippen LogP contribution in [0.1, 0.15) is 12.3 Å². The van der Waals surface area contributed by atoms with Crippen LogP contribution in [0.3, 0.4) is 0 Å². The van der Waals surface area contributed by atoms with Crippen LogP contribution >= 0.6 is 11.8 Å². The Kier molecular flexibility index (Phi) is 5.81. The lowest BCUT2D eigenvalue weighted by molar-refractivity contribution is 0.378. The molecule has 1 aromatic carbocycles. The summed E-state index contributed by atoms with van der Waals surface area (Å²) in [4.78, 5) is 25.9. The molecule has 0 saturated carbocycles. The molecule has 4 aromatic rings. The van der Waals surface area contributed by atoms with Crippen LogP contribution in [-0.4, -0.2) is 30.4 Å². The van der Waals surface area contributed by atoms with Gasteiger partial charge in [0.1, 0.15) is 0 Å². The minimum Gasteiger partial charge on any atom is -0.339 e. The van der Waals surface area contributed by atoms with Crippen LogP contribution in [0.2, 0.25) is 0 Å². The third kappa shape index (κ3) is 4.27. The van der Waals surface area contributed by atoms with Gasteiger partial charge in [0.05, 0.1) is 10.9 Å². The third-order valence-corrected chi connectivity index (χ3v) is 5.35. The van der Waals surface area contributed by atoms with Gasteiger partial charge in [-0.2, -0.15) is 4.98 Å². The molecule has 0 bridgehead atoms. The second kappa shape index (κ2) is 8.83. The molecule has 7 nitrogen and oxygen atoms in total. The van der Waals surface area contributed by atoms with Crippen LogP contribution in [0, 0.1) is 0 Å². The van der Waals surface area contributed by atoms with Gasteiger partial charge >= 0.3 is 0 Å². The van der Waals surface area contributed by atoms with Gasteiger partial charge in [-0.1, -0.05) is 35.1 Å². The van der Waals surface area contributed by atoms with Crippen molar-refractivity contribution in [1.29, 1.82) is 0 Å². The first-order valence-corrected chi connectivity index (χ1v) is 10.2. The number of allylic oxidation sites excluding steroid dienone is 1. The summed E-state index contributed by atoms with van der Waals surface area (Å²) in [5.41, 5.74) is 1.49. The molecule has 0 spiro atoms. The highest BCUT2D eigenvalue weighted by Gasteiger charge is 2.12. The number of benzene rings is 1. The number of thioether (sulfide) groups is 1. The van der Waals surface area contributed by atoms with Crippen LogP contribution in [-0.2, 0) is 13.0 Å². The van der Waals surface area contributed by atoms with Crippen molar-refractivity contribution in [2.75, 3.05) is 5.75 Å². The molecule has 0 aliphatic carbocycles. The van der Waals surface area contributed by atoms with E-state index in [-0.39, 0.29) is 5.56 Å². The van der Waals surface area contributed by atoms with Gasteiger partial charge in [0, 0.05) is 36.7 Å². The number of aryl methyl sites for hydroxylation is 1. The molecular formula is C21H19N5O2S.